The third-order valence-electron chi connectivity index (χ3n) is 3.18. The van der Waals surface area contributed by atoms with Crippen LogP contribution in [0.4, 0.5) is 5.69 Å². The summed E-state index contributed by atoms with van der Waals surface area (Å²) in [7, 11) is -0.974. The molecule has 0 saturated carbocycles. The highest BCUT2D eigenvalue weighted by Gasteiger charge is 2.30. The average molecular weight is 252 g/mol. The third-order valence-corrected chi connectivity index (χ3v) is 6.59. The van der Waals surface area contributed by atoms with E-state index in [4.69, 9.17) is 0 Å². The summed E-state index contributed by atoms with van der Waals surface area (Å²) in [4.78, 5) is 0. The molecule has 0 aliphatic heterocycles. The van der Waals surface area contributed by atoms with E-state index in [9.17, 15) is 0 Å². The molecule has 0 radical (unpaired) electrons. The van der Waals surface area contributed by atoms with E-state index in [-0.39, 0.29) is 0 Å². The van der Waals surface area contributed by atoms with Crippen LogP contribution in [0.3, 0.4) is 0 Å². The molecule has 1 aromatic rings. The van der Waals surface area contributed by atoms with E-state index in [1.807, 2.05) is 0 Å². The van der Waals surface area contributed by atoms with Crippen molar-refractivity contribution in [3.05, 3.63) is 30.3 Å². The van der Waals surface area contributed by atoms with Crippen LogP contribution in [-0.2, 0) is 0 Å². The minimum atomic E-state index is -0.974. The largest absolute Gasteiger partial charge is 0.262 e. The number of anilines is 1. The Morgan fingerprint density at radius 2 is 1.47 bits per heavy atom. The Bertz CT molecular complexity index is 289. The van der Waals surface area contributed by atoms with Crippen LogP contribution in [0.2, 0.25) is 0 Å². The Labute approximate surface area is 107 Å². The second-order valence-electron chi connectivity index (χ2n) is 5.03. The fraction of sp³-hybridized carbons (Fsp3) is 0.600. The summed E-state index contributed by atoms with van der Waals surface area (Å²) in [6.45, 7) is 7.05. The Balaban J connectivity index is 2.61. The zero-order valence-corrected chi connectivity index (χ0v) is 12.5. The minimum absolute atomic E-state index is 0.974. The van der Waals surface area contributed by atoms with E-state index in [1.165, 1.54) is 43.7 Å². The van der Waals surface area contributed by atoms with Crippen molar-refractivity contribution in [2.24, 2.45) is 0 Å². The number of benzene rings is 1. The maximum atomic E-state index is 3.84. The van der Waals surface area contributed by atoms with Crippen molar-refractivity contribution < 1.29 is 0 Å². The van der Waals surface area contributed by atoms with Gasteiger partial charge in [-0.15, -0.1) is 0 Å². The first kappa shape index (κ1) is 14.5. The van der Waals surface area contributed by atoms with E-state index in [1.54, 1.807) is 0 Å². The van der Waals surface area contributed by atoms with Gasteiger partial charge in [-0.25, -0.2) is 0 Å². The zero-order chi connectivity index (χ0) is 12.6. The highest BCUT2D eigenvalue weighted by Crippen LogP contribution is 2.55. The van der Waals surface area contributed by atoms with E-state index >= 15 is 0 Å². The highest BCUT2D eigenvalue weighted by atomic mass is 31.2. The fourth-order valence-electron chi connectivity index (χ4n) is 2.06. The Morgan fingerprint density at radius 3 is 1.94 bits per heavy atom. The quantitative estimate of drug-likeness (QED) is 0.622. The standard InChI is InChI=1S/C15H27NP/c1-4-6-13-17(3,14-7-5-2)16-15-11-9-8-10-12-15/h8-12,16H,4-7,13-14H2,1-3H3/q+1. The SMILES string of the molecule is CCCC[P+](C)(CCCC)Nc1ccccc1. The van der Waals surface area contributed by atoms with Gasteiger partial charge in [-0.05, 0) is 25.0 Å². The van der Waals surface area contributed by atoms with Gasteiger partial charge in [0.1, 0.15) is 0 Å². The molecule has 0 heterocycles. The number of hydrogen-bond acceptors (Lipinski definition) is 1. The van der Waals surface area contributed by atoms with Crippen LogP contribution in [0.15, 0.2) is 30.3 Å². The third kappa shape index (κ3) is 5.55. The lowest BCUT2D eigenvalue weighted by Gasteiger charge is -2.24. The van der Waals surface area contributed by atoms with Crippen molar-refractivity contribution >= 4 is 13.1 Å². The van der Waals surface area contributed by atoms with Crippen molar-refractivity contribution in [2.45, 2.75) is 39.5 Å². The molecule has 0 bridgehead atoms. The summed E-state index contributed by atoms with van der Waals surface area (Å²) < 4.78 is 0. The number of nitrogens with one attached hydrogen (secondary N) is 1. The summed E-state index contributed by atoms with van der Waals surface area (Å²) in [6.07, 6.45) is 8.06. The topological polar surface area (TPSA) is 12.0 Å². The molecule has 0 aromatic heterocycles. The van der Waals surface area contributed by atoms with Crippen LogP contribution in [0, 0.1) is 0 Å². The van der Waals surface area contributed by atoms with Gasteiger partial charge in [0.05, 0.1) is 32.1 Å². The van der Waals surface area contributed by atoms with Crippen LogP contribution in [0.5, 0.6) is 0 Å². The molecule has 0 unspecified atom stereocenters. The number of unbranched alkanes of at least 4 members (excludes halogenated alkanes) is 2. The molecular weight excluding hydrogens is 225 g/mol. The summed E-state index contributed by atoms with van der Waals surface area (Å²) in [5.74, 6) is 0. The molecular formula is C15H27NP+. The minimum Gasteiger partial charge on any atom is -0.262 e. The Morgan fingerprint density at radius 1 is 0.941 bits per heavy atom. The van der Waals surface area contributed by atoms with Gasteiger partial charge in [0.25, 0.3) is 0 Å². The highest BCUT2D eigenvalue weighted by molar-refractivity contribution is 7.76. The second kappa shape index (κ2) is 7.71. The van der Waals surface area contributed by atoms with E-state index in [2.05, 4.69) is 55.9 Å². The molecule has 0 aliphatic carbocycles. The monoisotopic (exact) mass is 252 g/mol. The van der Waals surface area contributed by atoms with Crippen LogP contribution in [0.1, 0.15) is 39.5 Å². The van der Waals surface area contributed by atoms with Gasteiger partial charge >= 0.3 is 0 Å². The van der Waals surface area contributed by atoms with Gasteiger partial charge in [0.15, 0.2) is 0 Å². The summed E-state index contributed by atoms with van der Waals surface area (Å²) >= 11 is 0. The predicted octanol–water partition coefficient (Wildman–Crippen LogP) is 5.26. The molecule has 0 atom stereocenters. The van der Waals surface area contributed by atoms with Crippen molar-refractivity contribution in [2.75, 3.05) is 24.1 Å². The molecule has 0 aliphatic rings. The van der Waals surface area contributed by atoms with Crippen molar-refractivity contribution in [3.63, 3.8) is 0 Å². The molecule has 2 heteroatoms. The van der Waals surface area contributed by atoms with Gasteiger partial charge in [-0.3, -0.25) is 5.09 Å². The molecule has 1 nitrogen and oxygen atoms in total. The van der Waals surface area contributed by atoms with Crippen LogP contribution in [-0.4, -0.2) is 19.0 Å². The summed E-state index contributed by atoms with van der Waals surface area (Å²) in [6, 6.07) is 10.7. The second-order valence-corrected chi connectivity index (χ2v) is 8.94. The molecule has 96 valence electrons. The van der Waals surface area contributed by atoms with Crippen LogP contribution >= 0.6 is 7.41 Å². The zero-order valence-electron chi connectivity index (χ0n) is 11.6. The van der Waals surface area contributed by atoms with Gasteiger partial charge in [0, 0.05) is 0 Å². The maximum absolute atomic E-state index is 3.84. The molecule has 0 fully saturated rings. The molecule has 0 spiro atoms. The normalized spacial score (nSPS) is 11.5. The summed E-state index contributed by atoms with van der Waals surface area (Å²) in [5, 5.41) is 3.84. The molecule has 1 N–H and O–H groups in total. The summed E-state index contributed by atoms with van der Waals surface area (Å²) in [5.41, 5.74) is 1.30. The molecule has 0 saturated heterocycles. The van der Waals surface area contributed by atoms with Crippen molar-refractivity contribution in [1.29, 1.82) is 0 Å². The number of hydrogen-bond donors (Lipinski definition) is 1. The van der Waals surface area contributed by atoms with Gasteiger partial charge in [-0.1, -0.05) is 44.9 Å². The Kier molecular flexibility index (Phi) is 6.58. The smallest absolute Gasteiger partial charge is 0.0990 e. The first-order valence-corrected chi connectivity index (χ1v) is 9.48. The molecule has 17 heavy (non-hydrogen) atoms. The lowest BCUT2D eigenvalue weighted by molar-refractivity contribution is 0.863. The van der Waals surface area contributed by atoms with Gasteiger partial charge in [0.2, 0.25) is 0 Å². The molecule has 0 amide bonds. The van der Waals surface area contributed by atoms with Crippen molar-refractivity contribution in [3.8, 4) is 0 Å². The van der Waals surface area contributed by atoms with E-state index < -0.39 is 7.41 Å². The lowest BCUT2D eigenvalue weighted by atomic mass is 10.3. The lowest BCUT2D eigenvalue weighted by Crippen LogP contribution is -2.11. The predicted molar refractivity (Wildman–Crippen MR) is 82.5 cm³/mol. The van der Waals surface area contributed by atoms with Gasteiger partial charge < -0.3 is 0 Å². The van der Waals surface area contributed by atoms with Crippen molar-refractivity contribution in [1.82, 2.24) is 0 Å². The maximum Gasteiger partial charge on any atom is 0.0990 e. The van der Waals surface area contributed by atoms with Crippen LogP contribution < -0.4 is 5.09 Å². The first-order chi connectivity index (χ1) is 8.20. The Hall–Kier alpha value is -0.550. The van der Waals surface area contributed by atoms with E-state index in [0.29, 0.717) is 0 Å². The number of para-hydroxylation sites is 1. The van der Waals surface area contributed by atoms with Crippen LogP contribution in [0.25, 0.3) is 0 Å². The fourth-order valence-corrected chi connectivity index (χ4v) is 5.31. The van der Waals surface area contributed by atoms with E-state index in [0.717, 1.165) is 0 Å². The number of rotatable bonds is 8. The molecule has 1 aromatic carbocycles. The molecule has 1 rings (SSSR count). The average Bonchev–Trinajstić information content (AvgIpc) is 2.35. The first-order valence-electron chi connectivity index (χ1n) is 6.88. The van der Waals surface area contributed by atoms with Gasteiger partial charge in [-0.2, -0.15) is 0 Å².